The van der Waals surface area contributed by atoms with Crippen molar-refractivity contribution in [3.8, 4) is 0 Å². The van der Waals surface area contributed by atoms with Gasteiger partial charge >= 0.3 is 0 Å². The van der Waals surface area contributed by atoms with Gasteiger partial charge < -0.3 is 22.1 Å². The van der Waals surface area contributed by atoms with E-state index in [1.165, 1.54) is 9.80 Å². The zero-order valence-corrected chi connectivity index (χ0v) is 25.4. The average molecular weight is 621 g/mol. The summed E-state index contributed by atoms with van der Waals surface area (Å²) in [5, 5.41) is 19.1. The Morgan fingerprint density at radius 2 is 0.717 bits per heavy atom. The van der Waals surface area contributed by atoms with Gasteiger partial charge in [-0.3, -0.25) is 39.6 Å². The first-order valence-corrected chi connectivity index (χ1v) is 15.6. The highest BCUT2D eigenvalue weighted by Gasteiger charge is 2.36. The number of amides is 4. The highest BCUT2D eigenvalue weighted by molar-refractivity contribution is 6.41. The van der Waals surface area contributed by atoms with Gasteiger partial charge in [0.1, 0.15) is 0 Å². The zero-order chi connectivity index (χ0) is 31.9. The van der Waals surface area contributed by atoms with Crippen LogP contribution in [0.3, 0.4) is 0 Å². The van der Waals surface area contributed by atoms with E-state index < -0.39 is 0 Å². The van der Waals surface area contributed by atoms with Crippen LogP contribution in [0.15, 0.2) is 48.5 Å². The summed E-state index contributed by atoms with van der Waals surface area (Å²) in [6.45, 7) is 5.15. The maximum atomic E-state index is 13.7. The van der Waals surface area contributed by atoms with Crippen molar-refractivity contribution in [3.63, 3.8) is 0 Å². The van der Waals surface area contributed by atoms with Gasteiger partial charge in [-0.15, -0.1) is 0 Å². The number of nitrogens with one attached hydrogen (secondary N) is 4. The number of fused-ring (bicyclic) bond motifs is 2. The first-order chi connectivity index (χ1) is 22.5. The standard InChI is InChI=1S/C34H36N8O4/c35-9-11-37-13-15-39-17-41-31(43)23-5-1-19-20-2-6-25-30-26(34(46)42(33(25)45)18-40-16-14-38-12-10-36)8-4-22(28(20)30)21-3-7-24(32(41)44)29(23)27(19)21/h1-8,37-40H,9-18,35-36H2. The van der Waals surface area contributed by atoms with Gasteiger partial charge in [0.15, 0.2) is 0 Å². The third-order valence-corrected chi connectivity index (χ3v) is 8.94. The van der Waals surface area contributed by atoms with Crippen LogP contribution >= 0.6 is 0 Å². The van der Waals surface area contributed by atoms with Crippen LogP contribution in [0.5, 0.6) is 0 Å². The molecule has 0 radical (unpaired) electrons. The molecule has 0 atom stereocenters. The number of benzene rings is 5. The van der Waals surface area contributed by atoms with Gasteiger partial charge in [0.05, 0.1) is 13.3 Å². The van der Waals surface area contributed by atoms with Crippen LogP contribution in [-0.2, 0) is 0 Å². The molecule has 7 rings (SSSR count). The number of nitrogens with two attached hydrogens (primary N) is 2. The van der Waals surface area contributed by atoms with Gasteiger partial charge in [0, 0.05) is 85.4 Å². The Labute approximate surface area is 264 Å². The number of carbonyl (C=O) groups excluding carboxylic acids is 4. The van der Waals surface area contributed by atoms with Gasteiger partial charge in [-0.05, 0) is 56.6 Å². The van der Waals surface area contributed by atoms with Crippen LogP contribution in [-0.4, -0.2) is 99.1 Å². The molecule has 8 N–H and O–H groups in total. The third kappa shape index (κ3) is 4.69. The summed E-state index contributed by atoms with van der Waals surface area (Å²) in [5.74, 6) is -1.39. The van der Waals surface area contributed by atoms with Crippen molar-refractivity contribution in [1.82, 2.24) is 31.1 Å². The van der Waals surface area contributed by atoms with Crippen LogP contribution in [0.1, 0.15) is 41.4 Å². The normalized spacial score (nSPS) is 14.7. The van der Waals surface area contributed by atoms with Crippen LogP contribution in [0.4, 0.5) is 0 Å². The number of carbonyl (C=O) groups is 4. The molecule has 236 valence electrons. The highest BCUT2D eigenvalue weighted by Crippen LogP contribution is 2.46. The van der Waals surface area contributed by atoms with E-state index >= 15 is 0 Å². The van der Waals surface area contributed by atoms with Crippen molar-refractivity contribution in [2.24, 2.45) is 11.5 Å². The van der Waals surface area contributed by atoms with Crippen LogP contribution in [0.25, 0.3) is 43.1 Å². The van der Waals surface area contributed by atoms with E-state index in [1.54, 1.807) is 24.3 Å². The summed E-state index contributed by atoms with van der Waals surface area (Å²) in [5.41, 5.74) is 12.9. The minimum Gasteiger partial charge on any atom is -0.329 e. The summed E-state index contributed by atoms with van der Waals surface area (Å²) < 4.78 is 0. The Bertz CT molecular complexity index is 1780. The topological polar surface area (TPSA) is 175 Å². The fraction of sp³-hybridized carbons (Fsp3) is 0.294. The second-order valence-electron chi connectivity index (χ2n) is 11.6. The smallest absolute Gasteiger partial charge is 0.262 e. The molecular weight excluding hydrogens is 584 g/mol. The second-order valence-corrected chi connectivity index (χ2v) is 11.6. The largest absolute Gasteiger partial charge is 0.329 e. The maximum absolute atomic E-state index is 13.7. The Morgan fingerprint density at radius 1 is 0.413 bits per heavy atom. The summed E-state index contributed by atoms with van der Waals surface area (Å²) in [4.78, 5) is 57.2. The molecule has 2 aliphatic heterocycles. The van der Waals surface area contributed by atoms with Crippen LogP contribution in [0, 0.1) is 0 Å². The van der Waals surface area contributed by atoms with Crippen molar-refractivity contribution in [3.05, 3.63) is 70.8 Å². The van der Waals surface area contributed by atoms with Crippen LogP contribution in [0.2, 0.25) is 0 Å². The van der Waals surface area contributed by atoms with E-state index in [0.717, 1.165) is 32.3 Å². The van der Waals surface area contributed by atoms with E-state index in [2.05, 4.69) is 21.3 Å². The molecule has 0 unspecified atom stereocenters. The van der Waals surface area contributed by atoms with E-state index in [-0.39, 0.29) is 37.0 Å². The molecule has 2 heterocycles. The molecule has 0 fully saturated rings. The number of hydrogen-bond acceptors (Lipinski definition) is 10. The highest BCUT2D eigenvalue weighted by atomic mass is 16.2. The maximum Gasteiger partial charge on any atom is 0.262 e. The molecule has 0 saturated carbocycles. The lowest BCUT2D eigenvalue weighted by atomic mass is 9.82. The van der Waals surface area contributed by atoms with Gasteiger partial charge in [-0.25, -0.2) is 0 Å². The van der Waals surface area contributed by atoms with Gasteiger partial charge in [0.2, 0.25) is 0 Å². The van der Waals surface area contributed by atoms with Gasteiger partial charge in [-0.1, -0.05) is 24.3 Å². The number of rotatable bonds is 14. The van der Waals surface area contributed by atoms with E-state index in [9.17, 15) is 19.2 Å². The lowest BCUT2D eigenvalue weighted by Crippen LogP contribution is -2.46. The van der Waals surface area contributed by atoms with Crippen molar-refractivity contribution >= 4 is 66.7 Å². The minimum absolute atomic E-state index is 0.0971. The SMILES string of the molecule is NCCNCCNCN1C(=O)c2ccc3c4ccc5c6c(ccc(c7ccc(c2c37)C1=O)c64)C(=O)N(CNCCNCCN)C5=O. The molecule has 46 heavy (non-hydrogen) atoms. The molecule has 0 spiro atoms. The fourth-order valence-corrected chi connectivity index (χ4v) is 6.84. The summed E-state index contributed by atoms with van der Waals surface area (Å²) in [7, 11) is 0. The zero-order valence-electron chi connectivity index (χ0n) is 25.4. The molecule has 5 aromatic rings. The molecule has 0 aliphatic carbocycles. The lowest BCUT2D eigenvalue weighted by Gasteiger charge is -2.30. The first kappa shape index (κ1) is 30.1. The Kier molecular flexibility index (Phi) is 8.07. The van der Waals surface area contributed by atoms with E-state index in [4.69, 9.17) is 11.5 Å². The Hall–Kier alpha value is -4.56. The van der Waals surface area contributed by atoms with E-state index in [1.807, 2.05) is 24.3 Å². The summed E-state index contributed by atoms with van der Waals surface area (Å²) >= 11 is 0. The monoisotopic (exact) mass is 620 g/mol. The van der Waals surface area contributed by atoms with Gasteiger partial charge in [0.25, 0.3) is 23.6 Å². The molecular formula is C34H36N8O4. The van der Waals surface area contributed by atoms with Crippen molar-refractivity contribution < 1.29 is 19.2 Å². The quantitative estimate of drug-likeness (QED) is 0.0457. The molecule has 12 nitrogen and oxygen atoms in total. The fourth-order valence-electron chi connectivity index (χ4n) is 6.84. The Morgan fingerprint density at radius 3 is 1.02 bits per heavy atom. The second kappa shape index (κ2) is 12.3. The first-order valence-electron chi connectivity index (χ1n) is 15.6. The predicted molar refractivity (Wildman–Crippen MR) is 178 cm³/mol. The van der Waals surface area contributed by atoms with E-state index in [0.29, 0.717) is 85.4 Å². The van der Waals surface area contributed by atoms with Gasteiger partial charge in [-0.2, -0.15) is 0 Å². The summed E-state index contributed by atoms with van der Waals surface area (Å²) in [6, 6.07) is 14.8. The lowest BCUT2D eigenvalue weighted by molar-refractivity contribution is 0.0582. The molecule has 0 saturated heterocycles. The number of imide groups is 2. The molecule has 0 aromatic heterocycles. The number of nitrogens with zero attached hydrogens (tertiary/aromatic N) is 2. The predicted octanol–water partition coefficient (Wildman–Crippen LogP) is 1.12. The molecule has 0 bridgehead atoms. The third-order valence-electron chi connectivity index (χ3n) is 8.94. The Balaban J connectivity index is 1.27. The average Bonchev–Trinajstić information content (AvgIpc) is 3.07. The molecule has 12 heteroatoms. The molecule has 2 aliphatic rings. The van der Waals surface area contributed by atoms with Crippen molar-refractivity contribution in [1.29, 1.82) is 0 Å². The minimum atomic E-state index is -0.347. The van der Waals surface area contributed by atoms with Crippen molar-refractivity contribution in [2.45, 2.75) is 0 Å². The van der Waals surface area contributed by atoms with Crippen molar-refractivity contribution in [2.75, 3.05) is 65.7 Å². The molecule has 5 aromatic carbocycles. The molecule has 4 amide bonds. The number of hydrogen-bond donors (Lipinski definition) is 6. The van der Waals surface area contributed by atoms with Crippen LogP contribution < -0.4 is 32.7 Å². The summed E-state index contributed by atoms with van der Waals surface area (Å²) in [6.07, 6.45) is 0.